The number of fused-ring (bicyclic) bond motifs is 1. The van der Waals surface area contributed by atoms with Crippen LogP contribution in [0.2, 0.25) is 0 Å². The van der Waals surface area contributed by atoms with Gasteiger partial charge in [0.25, 0.3) is 0 Å². The lowest BCUT2D eigenvalue weighted by Gasteiger charge is -2.19. The molecule has 18 nitrogen and oxygen atoms in total. The number of H-pyrrole nitrogens is 1. The monoisotopic (exact) mass is 507 g/mol. The maximum absolute atomic E-state index is 11.8. The molecule has 0 radical (unpaired) electrons. The predicted octanol–water partition coefficient (Wildman–Crippen LogP) is -1.56. The summed E-state index contributed by atoms with van der Waals surface area (Å²) >= 11 is 0. The zero-order valence-corrected chi connectivity index (χ0v) is 17.6. The molecular weight excluding hydrogens is 491 g/mol. The average Bonchev–Trinajstić information content (AvgIpc) is 3.13. The van der Waals surface area contributed by atoms with Gasteiger partial charge < -0.3 is 40.3 Å². The minimum Gasteiger partial charge on any atom is -0.387 e. The van der Waals surface area contributed by atoms with Gasteiger partial charge in [0.1, 0.15) is 36.6 Å². The average molecular weight is 507 g/mol. The first-order valence-corrected chi connectivity index (χ1v) is 12.5. The number of hydrogen-bond acceptors (Lipinski definition) is 13. The normalized spacial score (nSPS) is 28.5. The summed E-state index contributed by atoms with van der Waals surface area (Å²) in [5.74, 6) is -0.00393. The van der Waals surface area contributed by atoms with Crippen LogP contribution < -0.4 is 5.73 Å². The van der Waals surface area contributed by atoms with Gasteiger partial charge in [-0.2, -0.15) is 13.7 Å². The van der Waals surface area contributed by atoms with E-state index in [0.717, 1.165) is 6.33 Å². The van der Waals surface area contributed by atoms with Gasteiger partial charge in [-0.1, -0.05) is 0 Å². The van der Waals surface area contributed by atoms with Crippen molar-refractivity contribution in [3.8, 4) is 0 Å². The van der Waals surface area contributed by atoms with Crippen molar-refractivity contribution >= 4 is 40.3 Å². The maximum Gasteiger partial charge on any atom is 0.490 e. The van der Waals surface area contributed by atoms with Gasteiger partial charge in [0.05, 0.1) is 17.7 Å². The number of anilines is 1. The second kappa shape index (κ2) is 8.53. The van der Waals surface area contributed by atoms with Crippen molar-refractivity contribution in [1.29, 1.82) is 0 Å². The largest absolute Gasteiger partial charge is 0.490 e. The van der Waals surface area contributed by atoms with E-state index in [1.807, 2.05) is 0 Å². The lowest BCUT2D eigenvalue weighted by Crippen LogP contribution is -2.33. The van der Waals surface area contributed by atoms with Crippen molar-refractivity contribution in [2.75, 3.05) is 12.3 Å². The highest BCUT2D eigenvalue weighted by Crippen LogP contribution is 2.66. The molecule has 0 spiro atoms. The standard InChI is InChI=1S/C10H16N5O13P3/c11-9-4-5(14-15-10(4)13-2-12-9)8-7(17)6(16)3(26-8)1-25-30(21,22)28-31(23,24)27-29(18,19)20/h2-3,6-8,16-17H,1H2,(H,21,22)(H,23,24)(H2,18,19,20)(H3,11,12,13,14,15)/t3-,6-,7-,8+/m1/s1. The number of aromatic amines is 1. The summed E-state index contributed by atoms with van der Waals surface area (Å²) in [6, 6.07) is 0. The van der Waals surface area contributed by atoms with Crippen LogP contribution in [0.5, 0.6) is 0 Å². The molecule has 2 unspecified atom stereocenters. The first-order chi connectivity index (χ1) is 14.2. The number of aromatic nitrogens is 4. The molecule has 0 aromatic carbocycles. The Morgan fingerprint density at radius 1 is 1.06 bits per heavy atom. The third-order valence-electron chi connectivity index (χ3n) is 3.87. The molecule has 31 heavy (non-hydrogen) atoms. The van der Waals surface area contributed by atoms with Crippen LogP contribution in [-0.2, 0) is 31.6 Å². The Hall–Kier alpha value is -1.36. The van der Waals surface area contributed by atoms with E-state index in [1.165, 1.54) is 0 Å². The molecule has 21 heteroatoms. The van der Waals surface area contributed by atoms with Crippen LogP contribution in [0.25, 0.3) is 11.0 Å². The summed E-state index contributed by atoms with van der Waals surface area (Å²) in [4.78, 5) is 43.2. The second-order valence-electron chi connectivity index (χ2n) is 6.06. The number of rotatable bonds is 8. The number of phosphoric ester groups is 1. The summed E-state index contributed by atoms with van der Waals surface area (Å²) < 4.78 is 50.7. The van der Waals surface area contributed by atoms with E-state index in [0.29, 0.717) is 0 Å². The van der Waals surface area contributed by atoms with Crippen molar-refractivity contribution in [2.45, 2.75) is 24.4 Å². The summed E-state index contributed by atoms with van der Waals surface area (Å²) in [5.41, 5.74) is 6.00. The summed E-state index contributed by atoms with van der Waals surface area (Å²) in [5, 5.41) is 27.0. The van der Waals surface area contributed by atoms with E-state index < -0.39 is 54.5 Å². The van der Waals surface area contributed by atoms with Crippen molar-refractivity contribution in [2.24, 2.45) is 0 Å². The van der Waals surface area contributed by atoms with Gasteiger partial charge in [-0.15, -0.1) is 0 Å². The Bertz CT molecular complexity index is 1100. The Labute approximate surface area is 171 Å². The van der Waals surface area contributed by atoms with E-state index >= 15 is 0 Å². The zero-order valence-electron chi connectivity index (χ0n) is 14.9. The van der Waals surface area contributed by atoms with E-state index in [-0.39, 0.29) is 22.5 Å². The predicted molar refractivity (Wildman–Crippen MR) is 95.5 cm³/mol. The molecule has 2 aromatic heterocycles. The molecule has 1 fully saturated rings. The number of nitrogens with zero attached hydrogens (tertiary/aromatic N) is 3. The number of hydrogen-bond donors (Lipinski definition) is 8. The molecule has 0 bridgehead atoms. The Kier molecular flexibility index (Phi) is 6.68. The minimum atomic E-state index is -5.70. The van der Waals surface area contributed by atoms with Gasteiger partial charge >= 0.3 is 23.5 Å². The number of nitrogen functional groups attached to an aromatic ring is 1. The van der Waals surface area contributed by atoms with Gasteiger partial charge in [0, 0.05) is 0 Å². The van der Waals surface area contributed by atoms with E-state index in [1.54, 1.807) is 0 Å². The Balaban J connectivity index is 1.70. The van der Waals surface area contributed by atoms with Gasteiger partial charge in [0.2, 0.25) is 0 Å². The topological polar surface area (TPSA) is 290 Å². The summed E-state index contributed by atoms with van der Waals surface area (Å²) in [7, 11) is -16.7. The lowest BCUT2D eigenvalue weighted by atomic mass is 10.0. The quantitative estimate of drug-likeness (QED) is 0.187. The van der Waals surface area contributed by atoms with Crippen LogP contribution in [0.3, 0.4) is 0 Å². The van der Waals surface area contributed by atoms with Gasteiger partial charge in [-0.25, -0.2) is 23.7 Å². The number of ether oxygens (including phenoxy) is 1. The molecule has 174 valence electrons. The number of nitrogens with two attached hydrogens (primary N) is 1. The van der Waals surface area contributed by atoms with Crippen molar-refractivity contribution < 1.29 is 61.4 Å². The van der Waals surface area contributed by atoms with Crippen molar-refractivity contribution in [3.63, 3.8) is 0 Å². The Morgan fingerprint density at radius 2 is 1.74 bits per heavy atom. The molecule has 0 amide bonds. The molecule has 1 aliphatic rings. The van der Waals surface area contributed by atoms with Gasteiger partial charge in [-0.3, -0.25) is 9.62 Å². The minimum absolute atomic E-state index is 0.00393. The SMILES string of the molecule is Nc1ncnc2n[nH]c([C@@H]3O[C@H](COP(=O)(O)OP(=O)(O)OP(=O)(O)O)[C@@H](O)[C@H]3O)c12. The van der Waals surface area contributed by atoms with E-state index in [9.17, 15) is 28.8 Å². The van der Waals surface area contributed by atoms with Crippen LogP contribution >= 0.6 is 23.5 Å². The molecule has 1 aliphatic heterocycles. The molecule has 3 heterocycles. The zero-order chi connectivity index (χ0) is 23.2. The molecule has 0 saturated carbocycles. The molecule has 6 atom stereocenters. The van der Waals surface area contributed by atoms with E-state index in [4.69, 9.17) is 25.2 Å². The molecule has 2 aromatic rings. The smallest absolute Gasteiger partial charge is 0.387 e. The van der Waals surface area contributed by atoms with Crippen LogP contribution in [0.4, 0.5) is 5.82 Å². The highest BCUT2D eigenvalue weighted by atomic mass is 31.3. The first-order valence-electron chi connectivity index (χ1n) is 7.93. The third kappa shape index (κ3) is 5.71. The second-order valence-corrected chi connectivity index (χ2v) is 10.5. The number of nitrogens with one attached hydrogen (secondary N) is 1. The van der Waals surface area contributed by atoms with Crippen molar-refractivity contribution in [1.82, 2.24) is 20.2 Å². The number of phosphoric acid groups is 3. The fourth-order valence-electron chi connectivity index (χ4n) is 2.70. The molecular formula is C10H16N5O13P3. The molecule has 9 N–H and O–H groups in total. The fraction of sp³-hybridized carbons (Fsp3) is 0.500. The van der Waals surface area contributed by atoms with Crippen LogP contribution in [-0.4, -0.2) is 74.9 Å². The molecule has 1 saturated heterocycles. The number of aliphatic hydroxyl groups excluding tert-OH is 2. The van der Waals surface area contributed by atoms with Gasteiger partial charge in [0.15, 0.2) is 5.65 Å². The summed E-state index contributed by atoms with van der Waals surface area (Å²) in [6.45, 7) is -0.962. The first kappa shape index (κ1) is 24.3. The van der Waals surface area contributed by atoms with E-state index in [2.05, 4.69) is 33.3 Å². The maximum atomic E-state index is 11.8. The molecule has 3 rings (SSSR count). The highest BCUT2D eigenvalue weighted by Gasteiger charge is 2.47. The van der Waals surface area contributed by atoms with Crippen LogP contribution in [0, 0.1) is 0 Å². The Morgan fingerprint density at radius 3 is 2.39 bits per heavy atom. The van der Waals surface area contributed by atoms with Crippen LogP contribution in [0.15, 0.2) is 6.33 Å². The summed E-state index contributed by atoms with van der Waals surface area (Å²) in [6.07, 6.45) is -4.87. The highest BCUT2D eigenvalue weighted by molar-refractivity contribution is 7.66. The van der Waals surface area contributed by atoms with Crippen molar-refractivity contribution in [3.05, 3.63) is 12.0 Å². The lowest BCUT2D eigenvalue weighted by molar-refractivity contribution is -0.0230. The molecule has 0 aliphatic carbocycles. The fourth-order valence-corrected chi connectivity index (χ4v) is 5.73. The number of aliphatic hydroxyl groups is 2. The van der Waals surface area contributed by atoms with Gasteiger partial charge in [-0.05, 0) is 0 Å². The third-order valence-corrected chi connectivity index (χ3v) is 7.68. The van der Waals surface area contributed by atoms with Crippen LogP contribution in [0.1, 0.15) is 11.8 Å².